The first-order chi connectivity index (χ1) is 8.74. The van der Waals surface area contributed by atoms with E-state index in [9.17, 15) is 4.79 Å². The van der Waals surface area contributed by atoms with Crippen LogP contribution in [0.15, 0.2) is 42.6 Å². The van der Waals surface area contributed by atoms with Gasteiger partial charge in [-0.3, -0.25) is 9.48 Å². The number of nitrogens with zero attached hydrogens (tertiary/aromatic N) is 2. The van der Waals surface area contributed by atoms with E-state index < -0.39 is 0 Å². The van der Waals surface area contributed by atoms with Crippen molar-refractivity contribution in [3.05, 3.63) is 48.2 Å². The van der Waals surface area contributed by atoms with Crippen molar-refractivity contribution in [3.8, 4) is 0 Å². The molecular weight excluding hydrogens is 230 g/mol. The van der Waals surface area contributed by atoms with Crippen LogP contribution in [0.1, 0.15) is 5.56 Å². The van der Waals surface area contributed by atoms with Crippen LogP contribution in [0.25, 0.3) is 0 Å². The van der Waals surface area contributed by atoms with E-state index >= 15 is 0 Å². The average Bonchev–Trinajstić information content (AvgIpc) is 2.76. The van der Waals surface area contributed by atoms with Gasteiger partial charge in [0.25, 0.3) is 0 Å². The summed E-state index contributed by atoms with van der Waals surface area (Å²) in [6, 6.07) is 11.5. The highest BCUT2D eigenvalue weighted by Crippen LogP contribution is 2.00. The molecule has 0 aliphatic carbocycles. The molecule has 0 bridgehead atoms. The summed E-state index contributed by atoms with van der Waals surface area (Å²) < 4.78 is 6.58. The average molecular weight is 245 g/mol. The number of rotatable bonds is 5. The number of carbonyl (C=O) groups excluding carboxylic acids is 1. The van der Waals surface area contributed by atoms with Crippen molar-refractivity contribution in [2.75, 3.05) is 12.3 Å². The number of aromatic nitrogens is 2. The van der Waals surface area contributed by atoms with E-state index in [0.717, 1.165) is 5.56 Å². The third-order valence-electron chi connectivity index (χ3n) is 2.45. The fourth-order valence-corrected chi connectivity index (χ4v) is 1.57. The highest BCUT2D eigenvalue weighted by molar-refractivity contribution is 5.69. The highest BCUT2D eigenvalue weighted by Gasteiger charge is 2.05. The number of benzene rings is 1. The lowest BCUT2D eigenvalue weighted by molar-refractivity contribution is -0.144. The van der Waals surface area contributed by atoms with E-state index in [1.54, 1.807) is 12.3 Å². The maximum atomic E-state index is 11.5. The van der Waals surface area contributed by atoms with E-state index in [0.29, 0.717) is 18.8 Å². The molecular formula is C13H15N3O2. The van der Waals surface area contributed by atoms with Crippen LogP contribution in [-0.2, 0) is 22.5 Å². The molecule has 2 aromatic rings. The van der Waals surface area contributed by atoms with Gasteiger partial charge in [-0.15, -0.1) is 0 Å². The van der Waals surface area contributed by atoms with Gasteiger partial charge in [-0.1, -0.05) is 30.3 Å². The predicted octanol–water partition coefficient (Wildman–Crippen LogP) is 1.25. The second-order valence-corrected chi connectivity index (χ2v) is 3.89. The number of nitrogens with two attached hydrogens (primary N) is 1. The van der Waals surface area contributed by atoms with Crippen molar-refractivity contribution in [1.82, 2.24) is 9.78 Å². The lowest BCUT2D eigenvalue weighted by atomic mass is 10.2. The topological polar surface area (TPSA) is 70.1 Å². The Balaban J connectivity index is 1.72. The largest absolute Gasteiger partial charge is 0.464 e. The summed E-state index contributed by atoms with van der Waals surface area (Å²) in [6.07, 6.45) is 2.36. The van der Waals surface area contributed by atoms with Gasteiger partial charge in [0.1, 0.15) is 12.4 Å². The summed E-state index contributed by atoms with van der Waals surface area (Å²) in [5, 5.41) is 3.91. The molecule has 0 atom stereocenters. The Morgan fingerprint density at radius 2 is 2.06 bits per heavy atom. The minimum Gasteiger partial charge on any atom is -0.464 e. The van der Waals surface area contributed by atoms with Crippen LogP contribution < -0.4 is 5.73 Å². The Labute approximate surface area is 105 Å². The highest BCUT2D eigenvalue weighted by atomic mass is 16.5. The zero-order valence-electron chi connectivity index (χ0n) is 9.95. The zero-order chi connectivity index (χ0) is 12.8. The summed E-state index contributed by atoms with van der Waals surface area (Å²) in [7, 11) is 0. The first kappa shape index (κ1) is 12.2. The van der Waals surface area contributed by atoms with Gasteiger partial charge in [0.15, 0.2) is 0 Å². The smallest absolute Gasteiger partial charge is 0.327 e. The fourth-order valence-electron chi connectivity index (χ4n) is 1.57. The molecule has 1 heterocycles. The third-order valence-corrected chi connectivity index (χ3v) is 2.45. The van der Waals surface area contributed by atoms with Crippen molar-refractivity contribution in [2.24, 2.45) is 0 Å². The van der Waals surface area contributed by atoms with Crippen molar-refractivity contribution >= 4 is 11.8 Å². The first-order valence-corrected chi connectivity index (χ1v) is 5.72. The maximum absolute atomic E-state index is 11.5. The van der Waals surface area contributed by atoms with Crippen molar-refractivity contribution in [1.29, 1.82) is 0 Å². The van der Waals surface area contributed by atoms with Gasteiger partial charge in [0.05, 0.1) is 6.61 Å². The molecule has 0 aliphatic heterocycles. The number of carbonyl (C=O) groups is 1. The van der Waals surface area contributed by atoms with Crippen molar-refractivity contribution < 1.29 is 9.53 Å². The molecule has 0 fully saturated rings. The van der Waals surface area contributed by atoms with Crippen LogP contribution in [0, 0.1) is 0 Å². The van der Waals surface area contributed by atoms with E-state index in [1.807, 2.05) is 30.3 Å². The maximum Gasteiger partial charge on any atom is 0.327 e. The Kier molecular flexibility index (Phi) is 3.96. The van der Waals surface area contributed by atoms with E-state index in [-0.39, 0.29) is 12.5 Å². The predicted molar refractivity (Wildman–Crippen MR) is 67.7 cm³/mol. The molecule has 0 saturated heterocycles. The second kappa shape index (κ2) is 5.86. The molecule has 2 rings (SSSR count). The van der Waals surface area contributed by atoms with Gasteiger partial charge in [-0.25, -0.2) is 0 Å². The number of esters is 1. The standard InChI is InChI=1S/C13H15N3O2/c14-12-6-8-16(15-12)10-13(17)18-9-7-11-4-2-1-3-5-11/h1-6,8H,7,9-10H2,(H2,14,15). The fraction of sp³-hybridized carbons (Fsp3) is 0.231. The van der Waals surface area contributed by atoms with Crippen LogP contribution in [0.3, 0.4) is 0 Å². The Morgan fingerprint density at radius 1 is 1.28 bits per heavy atom. The zero-order valence-corrected chi connectivity index (χ0v) is 9.95. The van der Waals surface area contributed by atoms with Gasteiger partial charge in [-0.05, 0) is 11.6 Å². The second-order valence-electron chi connectivity index (χ2n) is 3.89. The molecule has 0 spiro atoms. The van der Waals surface area contributed by atoms with Gasteiger partial charge >= 0.3 is 5.97 Å². The normalized spacial score (nSPS) is 10.2. The minimum atomic E-state index is -0.311. The molecule has 5 nitrogen and oxygen atoms in total. The summed E-state index contributed by atoms with van der Waals surface area (Å²) in [5.41, 5.74) is 6.59. The minimum absolute atomic E-state index is 0.0893. The van der Waals surface area contributed by atoms with Crippen molar-refractivity contribution in [3.63, 3.8) is 0 Å². The monoisotopic (exact) mass is 245 g/mol. The molecule has 0 amide bonds. The SMILES string of the molecule is Nc1ccn(CC(=O)OCCc2ccccc2)n1. The molecule has 2 N–H and O–H groups in total. The molecule has 0 unspecified atom stereocenters. The summed E-state index contributed by atoms with van der Waals surface area (Å²) in [5.74, 6) is 0.0844. The molecule has 0 radical (unpaired) electrons. The number of nitrogen functional groups attached to an aromatic ring is 1. The van der Waals surface area contributed by atoms with Gasteiger partial charge in [0.2, 0.25) is 0 Å². The first-order valence-electron chi connectivity index (χ1n) is 5.72. The lowest BCUT2D eigenvalue weighted by Crippen LogP contribution is -2.15. The van der Waals surface area contributed by atoms with Gasteiger partial charge in [-0.2, -0.15) is 5.10 Å². The Bertz CT molecular complexity index is 508. The lowest BCUT2D eigenvalue weighted by Gasteiger charge is -2.05. The summed E-state index contributed by atoms with van der Waals surface area (Å²) in [6.45, 7) is 0.464. The van der Waals surface area contributed by atoms with E-state index in [2.05, 4.69) is 5.10 Å². The molecule has 0 saturated carbocycles. The van der Waals surface area contributed by atoms with Crippen LogP contribution in [0.2, 0.25) is 0 Å². The molecule has 5 heteroatoms. The summed E-state index contributed by atoms with van der Waals surface area (Å²) >= 11 is 0. The number of anilines is 1. The third kappa shape index (κ3) is 3.62. The van der Waals surface area contributed by atoms with Crippen LogP contribution in [0.5, 0.6) is 0 Å². The van der Waals surface area contributed by atoms with Gasteiger partial charge in [0, 0.05) is 12.6 Å². The molecule has 0 aliphatic rings. The van der Waals surface area contributed by atoms with Gasteiger partial charge < -0.3 is 10.5 Å². The number of hydrogen-bond donors (Lipinski definition) is 1. The van der Waals surface area contributed by atoms with Crippen LogP contribution >= 0.6 is 0 Å². The molecule has 18 heavy (non-hydrogen) atoms. The Hall–Kier alpha value is -2.30. The molecule has 94 valence electrons. The number of hydrogen-bond acceptors (Lipinski definition) is 4. The quantitative estimate of drug-likeness (QED) is 0.805. The van der Waals surface area contributed by atoms with E-state index in [1.165, 1.54) is 4.68 Å². The van der Waals surface area contributed by atoms with Crippen molar-refractivity contribution in [2.45, 2.75) is 13.0 Å². The van der Waals surface area contributed by atoms with Crippen LogP contribution in [-0.4, -0.2) is 22.4 Å². The molecule has 1 aromatic heterocycles. The van der Waals surface area contributed by atoms with E-state index in [4.69, 9.17) is 10.5 Å². The Morgan fingerprint density at radius 3 is 2.72 bits per heavy atom. The number of ether oxygens (including phenoxy) is 1. The molecule has 1 aromatic carbocycles. The summed E-state index contributed by atoms with van der Waals surface area (Å²) in [4.78, 5) is 11.5. The van der Waals surface area contributed by atoms with Crippen LogP contribution in [0.4, 0.5) is 5.82 Å².